The van der Waals surface area contributed by atoms with Gasteiger partial charge in [0.15, 0.2) is 0 Å². The van der Waals surface area contributed by atoms with Gasteiger partial charge in [-0.3, -0.25) is 4.79 Å². The fourth-order valence-corrected chi connectivity index (χ4v) is 3.49. The van der Waals surface area contributed by atoms with E-state index in [4.69, 9.17) is 9.47 Å². The maximum absolute atomic E-state index is 12.3. The van der Waals surface area contributed by atoms with Crippen LogP contribution in [-0.4, -0.2) is 35.1 Å². The maximum atomic E-state index is 12.3. The number of nitrogens with one attached hydrogen (secondary N) is 2. The Labute approximate surface area is 159 Å². The van der Waals surface area contributed by atoms with Crippen LogP contribution in [0.3, 0.4) is 0 Å². The summed E-state index contributed by atoms with van der Waals surface area (Å²) in [6.45, 7) is 3.75. The second-order valence-electron chi connectivity index (χ2n) is 6.01. The summed E-state index contributed by atoms with van der Waals surface area (Å²) < 4.78 is 37.4. The lowest BCUT2D eigenvalue weighted by molar-refractivity contribution is -0.116. The van der Waals surface area contributed by atoms with E-state index in [0.717, 1.165) is 11.1 Å². The minimum Gasteiger partial charge on any atom is -0.497 e. The molecule has 0 aliphatic carbocycles. The molecule has 0 heterocycles. The van der Waals surface area contributed by atoms with E-state index in [1.807, 2.05) is 13.8 Å². The minimum absolute atomic E-state index is 0.0143. The van der Waals surface area contributed by atoms with Crippen molar-refractivity contribution in [1.82, 2.24) is 4.72 Å². The summed E-state index contributed by atoms with van der Waals surface area (Å²) in [7, 11) is -0.637. The van der Waals surface area contributed by atoms with Crippen molar-refractivity contribution in [2.24, 2.45) is 0 Å². The number of amides is 1. The number of hydrogen-bond acceptors (Lipinski definition) is 5. The van der Waals surface area contributed by atoms with Gasteiger partial charge in [0.1, 0.15) is 11.5 Å². The van der Waals surface area contributed by atoms with Crippen molar-refractivity contribution in [3.8, 4) is 11.5 Å². The van der Waals surface area contributed by atoms with E-state index < -0.39 is 10.0 Å². The third-order valence-electron chi connectivity index (χ3n) is 4.12. The van der Waals surface area contributed by atoms with Crippen LogP contribution in [0.4, 0.5) is 5.69 Å². The van der Waals surface area contributed by atoms with Gasteiger partial charge in [-0.05, 0) is 49.2 Å². The number of hydrogen-bond donors (Lipinski definition) is 2. The van der Waals surface area contributed by atoms with Crippen molar-refractivity contribution in [1.29, 1.82) is 0 Å². The van der Waals surface area contributed by atoms with Crippen LogP contribution in [-0.2, 0) is 14.8 Å². The topological polar surface area (TPSA) is 93.7 Å². The summed E-state index contributed by atoms with van der Waals surface area (Å²) in [5.41, 5.74) is 2.39. The van der Waals surface area contributed by atoms with E-state index >= 15 is 0 Å². The van der Waals surface area contributed by atoms with Gasteiger partial charge < -0.3 is 14.8 Å². The molecule has 146 valence electrons. The van der Waals surface area contributed by atoms with Crippen molar-refractivity contribution in [3.05, 3.63) is 47.5 Å². The predicted molar refractivity (Wildman–Crippen MR) is 104 cm³/mol. The molecule has 1 amide bonds. The molecule has 7 nitrogen and oxygen atoms in total. The lowest BCUT2D eigenvalue weighted by Gasteiger charge is -2.12. The summed E-state index contributed by atoms with van der Waals surface area (Å²) in [6, 6.07) is 9.92. The molecule has 0 spiro atoms. The van der Waals surface area contributed by atoms with Gasteiger partial charge in [0, 0.05) is 19.0 Å². The van der Waals surface area contributed by atoms with Crippen LogP contribution < -0.4 is 19.5 Å². The molecule has 2 rings (SSSR count). The summed E-state index contributed by atoms with van der Waals surface area (Å²) >= 11 is 0. The van der Waals surface area contributed by atoms with E-state index in [-0.39, 0.29) is 23.8 Å². The van der Waals surface area contributed by atoms with Crippen molar-refractivity contribution in [2.75, 3.05) is 26.1 Å². The number of anilines is 1. The summed E-state index contributed by atoms with van der Waals surface area (Å²) in [5.74, 6) is 0.727. The van der Waals surface area contributed by atoms with Gasteiger partial charge in [-0.1, -0.05) is 6.07 Å². The second kappa shape index (κ2) is 8.88. The number of methoxy groups -OCH3 is 2. The van der Waals surface area contributed by atoms with Gasteiger partial charge in [-0.25, -0.2) is 13.1 Å². The number of carbonyl (C=O) groups is 1. The highest BCUT2D eigenvalue weighted by Gasteiger charge is 2.15. The Morgan fingerprint density at radius 3 is 2.37 bits per heavy atom. The highest BCUT2D eigenvalue weighted by atomic mass is 32.2. The van der Waals surface area contributed by atoms with Crippen LogP contribution in [0.25, 0.3) is 0 Å². The molecule has 0 aliphatic heterocycles. The summed E-state index contributed by atoms with van der Waals surface area (Å²) in [4.78, 5) is 12.3. The van der Waals surface area contributed by atoms with Gasteiger partial charge in [0.05, 0.1) is 24.8 Å². The molecular weight excluding hydrogens is 368 g/mol. The number of sulfonamides is 1. The van der Waals surface area contributed by atoms with Gasteiger partial charge >= 0.3 is 0 Å². The average Bonchev–Trinajstić information content (AvgIpc) is 2.64. The predicted octanol–water partition coefficient (Wildman–Crippen LogP) is 2.63. The normalized spacial score (nSPS) is 11.1. The molecule has 2 aromatic rings. The molecule has 0 bridgehead atoms. The van der Waals surface area contributed by atoms with E-state index in [1.165, 1.54) is 14.2 Å². The monoisotopic (exact) mass is 392 g/mol. The number of ether oxygens (including phenoxy) is 2. The van der Waals surface area contributed by atoms with Crippen LogP contribution in [0.15, 0.2) is 41.3 Å². The third-order valence-corrected chi connectivity index (χ3v) is 5.57. The highest BCUT2D eigenvalue weighted by Crippen LogP contribution is 2.29. The first-order valence-corrected chi connectivity index (χ1v) is 9.84. The van der Waals surface area contributed by atoms with Crippen molar-refractivity contribution in [2.45, 2.75) is 25.2 Å². The van der Waals surface area contributed by atoms with Crippen LogP contribution in [0.1, 0.15) is 17.5 Å². The molecule has 2 aromatic carbocycles. The molecule has 0 unspecified atom stereocenters. The minimum atomic E-state index is -3.66. The number of benzene rings is 2. The Hall–Kier alpha value is -2.58. The molecular formula is C19H24N2O5S. The van der Waals surface area contributed by atoms with Gasteiger partial charge in [0.2, 0.25) is 15.9 Å². The first-order chi connectivity index (χ1) is 12.8. The smallest absolute Gasteiger partial charge is 0.240 e. The second-order valence-corrected chi connectivity index (χ2v) is 7.78. The molecule has 0 atom stereocenters. The third kappa shape index (κ3) is 5.45. The quantitative estimate of drug-likeness (QED) is 0.720. The summed E-state index contributed by atoms with van der Waals surface area (Å²) in [5, 5.41) is 2.70. The molecule has 0 saturated carbocycles. The Kier molecular flexibility index (Phi) is 6.81. The van der Waals surface area contributed by atoms with Crippen LogP contribution in [0.2, 0.25) is 0 Å². The molecule has 2 N–H and O–H groups in total. The number of carbonyl (C=O) groups excluding carboxylic acids is 1. The van der Waals surface area contributed by atoms with Crippen molar-refractivity contribution >= 4 is 21.6 Å². The number of aryl methyl sites for hydroxylation is 2. The van der Waals surface area contributed by atoms with E-state index in [0.29, 0.717) is 17.2 Å². The number of rotatable bonds is 8. The lowest BCUT2D eigenvalue weighted by Crippen LogP contribution is -2.28. The van der Waals surface area contributed by atoms with Crippen molar-refractivity contribution < 1.29 is 22.7 Å². The van der Waals surface area contributed by atoms with E-state index in [9.17, 15) is 13.2 Å². The first kappa shape index (κ1) is 20.7. The molecule has 0 aliphatic rings. The zero-order valence-corrected chi connectivity index (χ0v) is 16.6. The van der Waals surface area contributed by atoms with Crippen molar-refractivity contribution in [3.63, 3.8) is 0 Å². The maximum Gasteiger partial charge on any atom is 0.240 e. The van der Waals surface area contributed by atoms with E-state index in [1.54, 1.807) is 36.4 Å². The Balaban J connectivity index is 1.95. The summed E-state index contributed by atoms with van der Waals surface area (Å²) in [6.07, 6.45) is -0.0146. The molecule has 0 saturated heterocycles. The molecule has 8 heteroatoms. The van der Waals surface area contributed by atoms with Crippen LogP contribution in [0.5, 0.6) is 11.5 Å². The highest BCUT2D eigenvalue weighted by molar-refractivity contribution is 7.89. The fourth-order valence-electron chi connectivity index (χ4n) is 2.38. The standard InChI is InChI=1S/C19H24N2O5S/c1-13-5-7-16(11-14(13)2)27(23,24)20-10-9-19(22)21-17-8-6-15(25-3)12-18(17)26-4/h5-8,11-12,20H,9-10H2,1-4H3,(H,21,22). The molecule has 0 fully saturated rings. The van der Waals surface area contributed by atoms with Crippen LogP contribution >= 0.6 is 0 Å². The fraction of sp³-hybridized carbons (Fsp3) is 0.316. The Morgan fingerprint density at radius 2 is 1.74 bits per heavy atom. The Morgan fingerprint density at radius 1 is 1.00 bits per heavy atom. The molecule has 27 heavy (non-hydrogen) atoms. The average molecular weight is 392 g/mol. The SMILES string of the molecule is COc1ccc(NC(=O)CCNS(=O)(=O)c2ccc(C)c(C)c2)c(OC)c1. The zero-order chi connectivity index (χ0) is 20.0. The Bertz CT molecular complexity index is 926. The van der Waals surface area contributed by atoms with E-state index in [2.05, 4.69) is 10.0 Å². The van der Waals surface area contributed by atoms with Gasteiger partial charge in [-0.15, -0.1) is 0 Å². The largest absolute Gasteiger partial charge is 0.497 e. The van der Waals surface area contributed by atoms with Crippen LogP contribution in [0, 0.1) is 13.8 Å². The van der Waals surface area contributed by atoms with Gasteiger partial charge in [0.25, 0.3) is 0 Å². The molecule has 0 radical (unpaired) electrons. The molecule has 0 aromatic heterocycles. The first-order valence-electron chi connectivity index (χ1n) is 8.35. The zero-order valence-electron chi connectivity index (χ0n) is 15.8. The van der Waals surface area contributed by atoms with Gasteiger partial charge in [-0.2, -0.15) is 0 Å². The lowest BCUT2D eigenvalue weighted by atomic mass is 10.1.